The molecule has 0 spiro atoms. The molecule has 0 atom stereocenters. The zero-order valence-corrected chi connectivity index (χ0v) is 15.3. The summed E-state index contributed by atoms with van der Waals surface area (Å²) in [6, 6.07) is 22.7. The van der Waals surface area contributed by atoms with Gasteiger partial charge in [-0.1, -0.05) is 30.3 Å². The van der Waals surface area contributed by atoms with Crippen LogP contribution in [-0.4, -0.2) is 25.6 Å². The summed E-state index contributed by atoms with van der Waals surface area (Å²) in [6.07, 6.45) is 0. The molecule has 1 N–H and O–H groups in total. The van der Waals surface area contributed by atoms with Crippen LogP contribution in [0.3, 0.4) is 0 Å². The highest BCUT2D eigenvalue weighted by molar-refractivity contribution is 5.95. The highest BCUT2D eigenvalue weighted by Gasteiger charge is 2.12. The Morgan fingerprint density at radius 1 is 0.821 bits per heavy atom. The van der Waals surface area contributed by atoms with Crippen LogP contribution in [0, 0.1) is 0 Å². The molecule has 0 radical (unpaired) electrons. The smallest absolute Gasteiger partial charge is 0.338 e. The van der Waals surface area contributed by atoms with Gasteiger partial charge in [-0.2, -0.15) is 0 Å². The SMILES string of the molecule is COc1cccc(NC(=O)COC(=O)c2cccc(Oc3ccccc3)c2)c1. The first-order valence-electron chi connectivity index (χ1n) is 8.58. The van der Waals surface area contributed by atoms with Crippen molar-refractivity contribution >= 4 is 17.6 Å². The van der Waals surface area contributed by atoms with Crippen molar-refractivity contribution < 1.29 is 23.8 Å². The molecule has 0 heterocycles. The highest BCUT2D eigenvalue weighted by atomic mass is 16.5. The lowest BCUT2D eigenvalue weighted by Gasteiger charge is -2.09. The third kappa shape index (κ3) is 5.35. The quantitative estimate of drug-likeness (QED) is 0.622. The third-order valence-corrected chi connectivity index (χ3v) is 3.74. The first-order valence-corrected chi connectivity index (χ1v) is 8.58. The van der Waals surface area contributed by atoms with Crippen LogP contribution < -0.4 is 14.8 Å². The van der Waals surface area contributed by atoms with E-state index in [0.29, 0.717) is 28.5 Å². The summed E-state index contributed by atoms with van der Waals surface area (Å²) in [4.78, 5) is 24.2. The predicted molar refractivity (Wildman–Crippen MR) is 105 cm³/mol. The number of methoxy groups -OCH3 is 1. The minimum atomic E-state index is -0.612. The van der Waals surface area contributed by atoms with Gasteiger partial charge in [0.2, 0.25) is 0 Å². The average molecular weight is 377 g/mol. The van der Waals surface area contributed by atoms with Crippen LogP contribution in [0.1, 0.15) is 10.4 Å². The molecule has 0 aromatic heterocycles. The lowest BCUT2D eigenvalue weighted by Crippen LogP contribution is -2.20. The number of nitrogens with one attached hydrogen (secondary N) is 1. The van der Waals surface area contributed by atoms with Crippen molar-refractivity contribution in [2.45, 2.75) is 0 Å². The van der Waals surface area contributed by atoms with Gasteiger partial charge in [-0.3, -0.25) is 4.79 Å². The Morgan fingerprint density at radius 2 is 1.54 bits per heavy atom. The Kier molecular flexibility index (Phi) is 6.25. The summed E-state index contributed by atoms with van der Waals surface area (Å²) in [5.41, 5.74) is 0.848. The van der Waals surface area contributed by atoms with Crippen LogP contribution in [0.4, 0.5) is 5.69 Å². The summed E-state index contributed by atoms with van der Waals surface area (Å²) < 4.78 is 15.9. The number of anilines is 1. The molecule has 0 saturated heterocycles. The van der Waals surface area contributed by atoms with Crippen molar-refractivity contribution in [2.75, 3.05) is 19.0 Å². The van der Waals surface area contributed by atoms with Crippen LogP contribution in [0.2, 0.25) is 0 Å². The van der Waals surface area contributed by atoms with E-state index in [1.54, 1.807) is 55.6 Å². The van der Waals surface area contributed by atoms with Gasteiger partial charge in [-0.25, -0.2) is 4.79 Å². The highest BCUT2D eigenvalue weighted by Crippen LogP contribution is 2.22. The molecule has 6 heteroatoms. The van der Waals surface area contributed by atoms with Gasteiger partial charge in [0.1, 0.15) is 17.2 Å². The Hall–Kier alpha value is -3.80. The number of rotatable bonds is 7. The minimum absolute atomic E-state index is 0.294. The lowest BCUT2D eigenvalue weighted by atomic mass is 10.2. The largest absolute Gasteiger partial charge is 0.497 e. The Balaban J connectivity index is 1.55. The first kappa shape index (κ1) is 19.0. The van der Waals surface area contributed by atoms with Crippen LogP contribution in [0.15, 0.2) is 78.9 Å². The molecule has 28 heavy (non-hydrogen) atoms. The van der Waals surface area contributed by atoms with Crippen molar-refractivity contribution in [3.63, 3.8) is 0 Å². The normalized spacial score (nSPS) is 10.0. The van der Waals surface area contributed by atoms with E-state index in [9.17, 15) is 9.59 Å². The van der Waals surface area contributed by atoms with Crippen molar-refractivity contribution in [3.05, 3.63) is 84.4 Å². The molecule has 3 aromatic carbocycles. The number of benzene rings is 3. The topological polar surface area (TPSA) is 73.9 Å². The van der Waals surface area contributed by atoms with Crippen molar-refractivity contribution in [2.24, 2.45) is 0 Å². The standard InChI is InChI=1S/C22H19NO5/c1-26-19-11-6-8-17(14-19)23-21(24)15-27-22(25)16-7-5-12-20(13-16)28-18-9-3-2-4-10-18/h2-14H,15H2,1H3,(H,23,24). The van der Waals surface area contributed by atoms with Gasteiger partial charge in [0.05, 0.1) is 12.7 Å². The maximum atomic E-state index is 12.2. The van der Waals surface area contributed by atoms with Gasteiger partial charge in [-0.15, -0.1) is 0 Å². The molecule has 0 saturated carbocycles. The number of hydrogen-bond donors (Lipinski definition) is 1. The molecule has 3 rings (SSSR count). The second-order valence-corrected chi connectivity index (χ2v) is 5.80. The zero-order valence-electron chi connectivity index (χ0n) is 15.3. The first-order chi connectivity index (χ1) is 13.6. The summed E-state index contributed by atoms with van der Waals surface area (Å²) in [6.45, 7) is -0.403. The van der Waals surface area contributed by atoms with E-state index in [1.807, 2.05) is 30.3 Å². The van der Waals surface area contributed by atoms with Crippen LogP contribution in [-0.2, 0) is 9.53 Å². The molecule has 0 aliphatic heterocycles. The maximum absolute atomic E-state index is 12.2. The van der Waals surface area contributed by atoms with Crippen molar-refractivity contribution in [1.82, 2.24) is 0 Å². The van der Waals surface area contributed by atoms with Gasteiger partial charge >= 0.3 is 5.97 Å². The van der Waals surface area contributed by atoms with E-state index < -0.39 is 18.5 Å². The van der Waals surface area contributed by atoms with Gasteiger partial charge in [0.25, 0.3) is 5.91 Å². The lowest BCUT2D eigenvalue weighted by molar-refractivity contribution is -0.119. The molecule has 0 fully saturated rings. The molecular formula is C22H19NO5. The van der Waals surface area contributed by atoms with Gasteiger partial charge in [0.15, 0.2) is 6.61 Å². The van der Waals surface area contributed by atoms with E-state index in [2.05, 4.69) is 5.32 Å². The van der Waals surface area contributed by atoms with Gasteiger partial charge in [-0.05, 0) is 42.5 Å². The number of hydrogen-bond acceptors (Lipinski definition) is 5. The minimum Gasteiger partial charge on any atom is -0.497 e. The second kappa shape index (κ2) is 9.23. The summed E-state index contributed by atoms with van der Waals surface area (Å²) >= 11 is 0. The fourth-order valence-corrected chi connectivity index (χ4v) is 2.42. The number of para-hydroxylation sites is 1. The van der Waals surface area contributed by atoms with Gasteiger partial charge in [0, 0.05) is 11.8 Å². The van der Waals surface area contributed by atoms with E-state index in [0.717, 1.165) is 0 Å². The van der Waals surface area contributed by atoms with E-state index >= 15 is 0 Å². The molecule has 6 nitrogen and oxygen atoms in total. The predicted octanol–water partition coefficient (Wildman–Crippen LogP) is 4.28. The number of amides is 1. The molecule has 142 valence electrons. The monoisotopic (exact) mass is 377 g/mol. The summed E-state index contributed by atoms with van der Waals surface area (Å²) in [7, 11) is 1.54. The Morgan fingerprint density at radius 3 is 2.32 bits per heavy atom. The van der Waals surface area contributed by atoms with Crippen LogP contribution in [0.5, 0.6) is 17.2 Å². The van der Waals surface area contributed by atoms with Gasteiger partial charge < -0.3 is 19.5 Å². The van der Waals surface area contributed by atoms with Crippen molar-refractivity contribution in [1.29, 1.82) is 0 Å². The molecule has 0 bridgehead atoms. The van der Waals surface area contributed by atoms with E-state index in [4.69, 9.17) is 14.2 Å². The fraction of sp³-hybridized carbons (Fsp3) is 0.0909. The molecule has 3 aromatic rings. The fourth-order valence-electron chi connectivity index (χ4n) is 2.42. The van der Waals surface area contributed by atoms with E-state index in [-0.39, 0.29) is 0 Å². The van der Waals surface area contributed by atoms with Crippen LogP contribution >= 0.6 is 0 Å². The number of esters is 1. The summed E-state index contributed by atoms with van der Waals surface area (Å²) in [5.74, 6) is 0.717. The zero-order chi connectivity index (χ0) is 19.8. The summed E-state index contributed by atoms with van der Waals surface area (Å²) in [5, 5.41) is 2.65. The Bertz CT molecular complexity index is 956. The average Bonchev–Trinajstić information content (AvgIpc) is 2.73. The van der Waals surface area contributed by atoms with Crippen molar-refractivity contribution in [3.8, 4) is 17.2 Å². The molecule has 0 unspecified atom stereocenters. The molecule has 0 aliphatic carbocycles. The number of carbonyl (C=O) groups excluding carboxylic acids is 2. The molecular weight excluding hydrogens is 358 g/mol. The number of carbonyl (C=O) groups is 2. The number of ether oxygens (including phenoxy) is 3. The Labute approximate surface area is 162 Å². The third-order valence-electron chi connectivity index (χ3n) is 3.74. The maximum Gasteiger partial charge on any atom is 0.338 e. The van der Waals surface area contributed by atoms with E-state index in [1.165, 1.54) is 0 Å². The second-order valence-electron chi connectivity index (χ2n) is 5.80. The van der Waals surface area contributed by atoms with Crippen LogP contribution in [0.25, 0.3) is 0 Å². The molecule has 0 aliphatic rings. The molecule has 1 amide bonds.